The molecule has 0 saturated heterocycles. The molecule has 0 heterocycles. The molecular weight excluding hydrogens is 356 g/mol. The first-order valence-corrected chi connectivity index (χ1v) is 11.8. The molecule has 2 atom stereocenters. The van der Waals surface area contributed by atoms with Crippen molar-refractivity contribution in [1.82, 2.24) is 0 Å². The quantitative estimate of drug-likeness (QED) is 0.220. The van der Waals surface area contributed by atoms with E-state index in [2.05, 4.69) is 40.7 Å². The summed E-state index contributed by atoms with van der Waals surface area (Å²) in [5.74, 6) is 2.45. The van der Waals surface area contributed by atoms with Crippen molar-refractivity contribution in [3.63, 3.8) is 0 Å². The Morgan fingerprint density at radius 2 is 1.41 bits per heavy atom. The van der Waals surface area contributed by atoms with Gasteiger partial charge in [0, 0.05) is 11.1 Å². The molecule has 0 saturated carbocycles. The van der Waals surface area contributed by atoms with Crippen molar-refractivity contribution in [3.8, 4) is 0 Å². The molecule has 0 aromatic heterocycles. The maximum atomic E-state index is 12.1. The fraction of sp³-hybridized carbons (Fsp3) is 0.704. The molecule has 164 valence electrons. The van der Waals surface area contributed by atoms with Crippen LogP contribution in [0.3, 0.4) is 0 Å². The largest absolute Gasteiger partial charge is 0.290 e. The Morgan fingerprint density at radius 1 is 0.862 bits per heavy atom. The average Bonchev–Trinajstić information content (AvgIpc) is 2.63. The van der Waals surface area contributed by atoms with Crippen LogP contribution in [0.15, 0.2) is 34.9 Å². The highest BCUT2D eigenvalue weighted by Gasteiger charge is 2.17. The van der Waals surface area contributed by atoms with Gasteiger partial charge in [-0.1, -0.05) is 84.3 Å². The lowest BCUT2D eigenvalue weighted by molar-refractivity contribution is -0.115. The number of allylic oxidation sites excluding steroid dienone is 6. The lowest BCUT2D eigenvalue weighted by Gasteiger charge is -2.15. The molecule has 1 rings (SSSR count). The normalized spacial score (nSPS) is 17.4. The monoisotopic (exact) mass is 400 g/mol. The minimum absolute atomic E-state index is 0.0145. The predicted molar refractivity (Wildman–Crippen MR) is 125 cm³/mol. The molecule has 0 aromatic rings. The van der Waals surface area contributed by atoms with Gasteiger partial charge in [0.2, 0.25) is 0 Å². The maximum absolute atomic E-state index is 12.1. The van der Waals surface area contributed by atoms with Crippen LogP contribution in [0.2, 0.25) is 0 Å². The fourth-order valence-electron chi connectivity index (χ4n) is 4.06. The van der Waals surface area contributed by atoms with E-state index in [-0.39, 0.29) is 11.6 Å². The Balaban J connectivity index is 2.18. The molecule has 1 aliphatic carbocycles. The Bertz CT molecular complexity index is 618. The van der Waals surface area contributed by atoms with Crippen molar-refractivity contribution < 1.29 is 9.59 Å². The van der Waals surface area contributed by atoms with Crippen LogP contribution in [0, 0.1) is 17.8 Å². The van der Waals surface area contributed by atoms with E-state index in [1.165, 1.54) is 69.1 Å². The summed E-state index contributed by atoms with van der Waals surface area (Å²) in [4.78, 5) is 23.7. The molecule has 0 aliphatic heterocycles. The SMILES string of the molecule is CC1=CC(=O)C=C(C/C=C(\C)CCC[C@H](C)CCC[C@H](C)CCCC(C)C)C1=O. The van der Waals surface area contributed by atoms with Crippen LogP contribution in [-0.4, -0.2) is 11.6 Å². The third-order valence-corrected chi connectivity index (χ3v) is 6.14. The second-order valence-corrected chi connectivity index (χ2v) is 9.84. The molecule has 29 heavy (non-hydrogen) atoms. The summed E-state index contributed by atoms with van der Waals surface area (Å²) in [5, 5.41) is 0. The van der Waals surface area contributed by atoms with Crippen molar-refractivity contribution in [2.45, 2.75) is 106 Å². The zero-order valence-electron chi connectivity index (χ0n) is 19.9. The average molecular weight is 401 g/mol. The van der Waals surface area contributed by atoms with Crippen LogP contribution in [0.25, 0.3) is 0 Å². The highest BCUT2D eigenvalue weighted by molar-refractivity contribution is 6.20. The van der Waals surface area contributed by atoms with E-state index in [4.69, 9.17) is 0 Å². The van der Waals surface area contributed by atoms with Gasteiger partial charge in [-0.25, -0.2) is 0 Å². The third-order valence-electron chi connectivity index (χ3n) is 6.14. The molecule has 0 unspecified atom stereocenters. The minimum atomic E-state index is -0.0637. The van der Waals surface area contributed by atoms with Crippen LogP contribution in [0.1, 0.15) is 106 Å². The van der Waals surface area contributed by atoms with E-state index in [0.717, 1.165) is 24.2 Å². The summed E-state index contributed by atoms with van der Waals surface area (Å²) in [6.07, 6.45) is 17.4. The van der Waals surface area contributed by atoms with Crippen LogP contribution in [0.5, 0.6) is 0 Å². The molecule has 2 heteroatoms. The molecule has 0 N–H and O–H groups in total. The molecule has 0 aromatic carbocycles. The van der Waals surface area contributed by atoms with Gasteiger partial charge in [0.15, 0.2) is 11.6 Å². The van der Waals surface area contributed by atoms with E-state index in [1.54, 1.807) is 6.92 Å². The number of hydrogen-bond acceptors (Lipinski definition) is 2. The number of ketones is 2. The van der Waals surface area contributed by atoms with Crippen LogP contribution >= 0.6 is 0 Å². The third kappa shape index (κ3) is 11.4. The summed E-state index contributed by atoms with van der Waals surface area (Å²) in [5.41, 5.74) is 2.51. The first-order chi connectivity index (χ1) is 13.7. The zero-order chi connectivity index (χ0) is 21.8. The van der Waals surface area contributed by atoms with Crippen LogP contribution in [-0.2, 0) is 9.59 Å². The Hall–Kier alpha value is -1.44. The van der Waals surface area contributed by atoms with Gasteiger partial charge >= 0.3 is 0 Å². The van der Waals surface area contributed by atoms with Crippen molar-refractivity contribution >= 4 is 11.6 Å². The lowest BCUT2D eigenvalue weighted by atomic mass is 9.91. The molecule has 0 amide bonds. The van der Waals surface area contributed by atoms with Gasteiger partial charge in [-0.15, -0.1) is 0 Å². The van der Waals surface area contributed by atoms with Crippen molar-refractivity contribution in [2.75, 3.05) is 0 Å². The lowest BCUT2D eigenvalue weighted by Crippen LogP contribution is -2.12. The van der Waals surface area contributed by atoms with Gasteiger partial charge in [0.05, 0.1) is 0 Å². The van der Waals surface area contributed by atoms with Crippen molar-refractivity contribution in [1.29, 1.82) is 0 Å². The summed E-state index contributed by atoms with van der Waals surface area (Å²) in [6, 6.07) is 0. The summed E-state index contributed by atoms with van der Waals surface area (Å²) < 4.78 is 0. The van der Waals surface area contributed by atoms with Gasteiger partial charge < -0.3 is 0 Å². The number of rotatable bonds is 14. The Morgan fingerprint density at radius 3 is 2.00 bits per heavy atom. The number of carbonyl (C=O) groups excluding carboxylic acids is 2. The maximum Gasteiger partial charge on any atom is 0.185 e. The highest BCUT2D eigenvalue weighted by Crippen LogP contribution is 2.23. The van der Waals surface area contributed by atoms with E-state index in [9.17, 15) is 9.59 Å². The first kappa shape index (κ1) is 25.6. The van der Waals surface area contributed by atoms with E-state index in [1.807, 2.05) is 0 Å². The van der Waals surface area contributed by atoms with E-state index >= 15 is 0 Å². The molecule has 0 spiro atoms. The van der Waals surface area contributed by atoms with Gasteiger partial charge in [-0.05, 0) is 63.0 Å². The van der Waals surface area contributed by atoms with Crippen LogP contribution in [0.4, 0.5) is 0 Å². The summed E-state index contributed by atoms with van der Waals surface area (Å²) in [6.45, 7) is 13.3. The molecule has 2 nitrogen and oxygen atoms in total. The zero-order valence-corrected chi connectivity index (χ0v) is 19.9. The second-order valence-electron chi connectivity index (χ2n) is 9.84. The number of hydrogen-bond donors (Lipinski definition) is 0. The molecular formula is C27H44O2. The van der Waals surface area contributed by atoms with Gasteiger partial charge in [0.1, 0.15) is 0 Å². The Kier molecular flexibility index (Phi) is 12.1. The summed E-state index contributed by atoms with van der Waals surface area (Å²) in [7, 11) is 0. The molecule has 0 fully saturated rings. The van der Waals surface area contributed by atoms with Gasteiger partial charge in [0.25, 0.3) is 0 Å². The minimum Gasteiger partial charge on any atom is -0.290 e. The molecule has 1 aliphatic rings. The summed E-state index contributed by atoms with van der Waals surface area (Å²) >= 11 is 0. The highest BCUT2D eigenvalue weighted by atomic mass is 16.1. The van der Waals surface area contributed by atoms with Crippen molar-refractivity contribution in [2.24, 2.45) is 17.8 Å². The number of carbonyl (C=O) groups is 2. The smallest absolute Gasteiger partial charge is 0.185 e. The molecule has 0 radical (unpaired) electrons. The first-order valence-electron chi connectivity index (χ1n) is 11.8. The second kappa shape index (κ2) is 13.7. The number of Topliss-reactive ketones (excluding diaryl/α,β-unsaturated/α-hetero) is 1. The predicted octanol–water partition coefficient (Wildman–Crippen LogP) is 7.79. The van der Waals surface area contributed by atoms with Crippen molar-refractivity contribution in [3.05, 3.63) is 34.9 Å². The standard InChI is InChI=1S/C27H44O2/c1-20(2)10-7-11-21(3)12-8-13-22(4)14-9-15-23(5)16-17-25-19-26(28)18-24(6)27(25)29/h16,18-22H,7-15,17H2,1-6H3/b23-16+/t21-,22-/m1/s1. The topological polar surface area (TPSA) is 34.1 Å². The van der Waals surface area contributed by atoms with Gasteiger partial charge in [-0.2, -0.15) is 0 Å². The van der Waals surface area contributed by atoms with Gasteiger partial charge in [-0.3, -0.25) is 9.59 Å². The Labute approximate surface area is 179 Å². The van der Waals surface area contributed by atoms with Crippen LogP contribution < -0.4 is 0 Å². The molecule has 0 bridgehead atoms. The van der Waals surface area contributed by atoms with E-state index < -0.39 is 0 Å². The van der Waals surface area contributed by atoms with E-state index in [0.29, 0.717) is 17.6 Å². The fourth-order valence-corrected chi connectivity index (χ4v) is 4.06.